The van der Waals surface area contributed by atoms with Crippen molar-refractivity contribution in [3.8, 4) is 11.1 Å². The van der Waals surface area contributed by atoms with Crippen LogP contribution in [-0.4, -0.2) is 55.0 Å². The van der Waals surface area contributed by atoms with Gasteiger partial charge in [-0.1, -0.05) is 48.5 Å². The number of hydrogen-bond donors (Lipinski definition) is 3. The van der Waals surface area contributed by atoms with Crippen LogP contribution in [0.25, 0.3) is 11.1 Å². The fourth-order valence-corrected chi connectivity index (χ4v) is 4.27. The normalized spacial score (nSPS) is 20.2. The molecule has 0 aromatic heterocycles. The van der Waals surface area contributed by atoms with E-state index < -0.39 is 24.0 Å². The van der Waals surface area contributed by atoms with E-state index in [0.29, 0.717) is 6.42 Å². The van der Waals surface area contributed by atoms with Crippen molar-refractivity contribution in [1.82, 2.24) is 10.6 Å². The molecule has 3 N–H and O–H groups in total. The van der Waals surface area contributed by atoms with E-state index in [9.17, 15) is 14.4 Å². The summed E-state index contributed by atoms with van der Waals surface area (Å²) in [7, 11) is 0. The largest absolute Gasteiger partial charge is 0.481 e. The summed E-state index contributed by atoms with van der Waals surface area (Å²) in [5, 5.41) is 14.2. The number of carboxylic acids is 1. The standard InChI is InChI=1S/C24H26N2O6/c1-14(22(27)25-11-16-10-15(12-31-16)23(28)29)26-24(30)32-13-21-19-8-4-2-6-17(19)18-7-3-5-9-20(18)21/h2-9,14-16,21H,10-13H2,1H3,(H,25,27)(H,26,30)(H,28,29)/t14?,15-,16-/m0/s1. The molecule has 3 atom stereocenters. The molecule has 2 amide bonds. The maximum absolute atomic E-state index is 12.3. The van der Waals surface area contributed by atoms with Crippen LogP contribution in [0.1, 0.15) is 30.4 Å². The number of hydrogen-bond acceptors (Lipinski definition) is 5. The first kappa shape index (κ1) is 21.8. The van der Waals surface area contributed by atoms with Gasteiger partial charge in [0.1, 0.15) is 12.6 Å². The summed E-state index contributed by atoms with van der Waals surface area (Å²) >= 11 is 0. The number of alkyl carbamates (subject to hydrolysis) is 1. The maximum atomic E-state index is 12.3. The monoisotopic (exact) mass is 438 g/mol. The molecule has 0 bridgehead atoms. The minimum absolute atomic E-state index is 0.0565. The predicted octanol–water partition coefficient (Wildman–Crippen LogP) is 2.52. The molecule has 8 nitrogen and oxygen atoms in total. The lowest BCUT2D eigenvalue weighted by Crippen LogP contribution is -2.46. The van der Waals surface area contributed by atoms with Gasteiger partial charge in [-0.15, -0.1) is 0 Å². The van der Waals surface area contributed by atoms with Crippen LogP contribution in [0.15, 0.2) is 48.5 Å². The van der Waals surface area contributed by atoms with Crippen LogP contribution in [0.4, 0.5) is 4.79 Å². The third-order valence-corrected chi connectivity index (χ3v) is 6.01. The highest BCUT2D eigenvalue weighted by Crippen LogP contribution is 2.44. The van der Waals surface area contributed by atoms with Gasteiger partial charge in [0.15, 0.2) is 0 Å². The average molecular weight is 438 g/mol. The first-order valence-electron chi connectivity index (χ1n) is 10.7. The molecule has 32 heavy (non-hydrogen) atoms. The molecule has 0 saturated carbocycles. The van der Waals surface area contributed by atoms with Crippen molar-refractivity contribution in [2.45, 2.75) is 31.4 Å². The number of carbonyl (C=O) groups is 3. The summed E-state index contributed by atoms with van der Waals surface area (Å²) in [6, 6.07) is 15.3. The van der Waals surface area contributed by atoms with E-state index in [2.05, 4.69) is 22.8 Å². The third-order valence-electron chi connectivity index (χ3n) is 6.01. The Labute approximate surface area is 185 Å². The lowest BCUT2D eigenvalue weighted by molar-refractivity contribution is -0.141. The first-order chi connectivity index (χ1) is 15.4. The Bertz CT molecular complexity index is 978. The van der Waals surface area contributed by atoms with Gasteiger partial charge in [0, 0.05) is 12.5 Å². The molecule has 1 saturated heterocycles. The Hall–Kier alpha value is -3.39. The highest BCUT2D eigenvalue weighted by Gasteiger charge is 2.32. The number of carboxylic acid groups (broad SMARTS) is 1. The van der Waals surface area contributed by atoms with E-state index in [4.69, 9.17) is 14.6 Å². The zero-order chi connectivity index (χ0) is 22.7. The van der Waals surface area contributed by atoms with Crippen molar-refractivity contribution < 1.29 is 29.0 Å². The molecule has 1 aliphatic carbocycles. The van der Waals surface area contributed by atoms with Crippen molar-refractivity contribution >= 4 is 18.0 Å². The summed E-state index contributed by atoms with van der Waals surface area (Å²) in [5.41, 5.74) is 4.51. The fraction of sp³-hybridized carbons (Fsp3) is 0.375. The van der Waals surface area contributed by atoms with Crippen molar-refractivity contribution in [2.24, 2.45) is 5.92 Å². The van der Waals surface area contributed by atoms with E-state index >= 15 is 0 Å². The second-order valence-corrected chi connectivity index (χ2v) is 8.16. The smallest absolute Gasteiger partial charge is 0.407 e. The second-order valence-electron chi connectivity index (χ2n) is 8.16. The Morgan fingerprint density at radius 3 is 2.31 bits per heavy atom. The molecule has 2 aromatic carbocycles. The van der Waals surface area contributed by atoms with E-state index in [1.807, 2.05) is 36.4 Å². The Morgan fingerprint density at radius 2 is 1.72 bits per heavy atom. The Kier molecular flexibility index (Phi) is 6.41. The van der Waals surface area contributed by atoms with E-state index in [0.717, 1.165) is 22.3 Å². The van der Waals surface area contributed by atoms with Crippen molar-refractivity contribution in [3.05, 3.63) is 59.7 Å². The molecule has 1 unspecified atom stereocenters. The van der Waals surface area contributed by atoms with E-state index in [1.54, 1.807) is 6.92 Å². The van der Waals surface area contributed by atoms with Crippen LogP contribution in [0.5, 0.6) is 0 Å². The quantitative estimate of drug-likeness (QED) is 0.612. The van der Waals surface area contributed by atoms with Gasteiger partial charge in [-0.05, 0) is 35.6 Å². The summed E-state index contributed by atoms with van der Waals surface area (Å²) in [6.45, 7) is 2.07. The molecule has 2 aromatic rings. The minimum atomic E-state index is -0.899. The molecule has 8 heteroatoms. The van der Waals surface area contributed by atoms with Gasteiger partial charge in [-0.3, -0.25) is 9.59 Å². The van der Waals surface area contributed by atoms with E-state index in [1.165, 1.54) is 0 Å². The number of amides is 2. The summed E-state index contributed by atoms with van der Waals surface area (Å²) in [5.74, 6) is -1.89. The molecular formula is C24H26N2O6. The van der Waals surface area contributed by atoms with Gasteiger partial charge in [0.2, 0.25) is 5.91 Å². The number of nitrogens with one attached hydrogen (secondary N) is 2. The van der Waals surface area contributed by atoms with Crippen LogP contribution in [0.3, 0.4) is 0 Å². The average Bonchev–Trinajstić information content (AvgIpc) is 3.39. The number of benzene rings is 2. The second kappa shape index (κ2) is 9.40. The topological polar surface area (TPSA) is 114 Å². The van der Waals surface area contributed by atoms with Crippen LogP contribution in [-0.2, 0) is 19.1 Å². The maximum Gasteiger partial charge on any atom is 0.407 e. The Balaban J connectivity index is 1.26. The van der Waals surface area contributed by atoms with Crippen molar-refractivity contribution in [3.63, 3.8) is 0 Å². The molecule has 168 valence electrons. The van der Waals surface area contributed by atoms with Crippen LogP contribution >= 0.6 is 0 Å². The SMILES string of the molecule is CC(NC(=O)OCC1c2ccccc2-c2ccccc21)C(=O)NC[C@@H]1C[C@H](C(=O)O)CO1. The van der Waals surface area contributed by atoms with Gasteiger partial charge in [0.25, 0.3) is 0 Å². The van der Waals surface area contributed by atoms with Gasteiger partial charge < -0.3 is 25.2 Å². The minimum Gasteiger partial charge on any atom is -0.481 e. The highest BCUT2D eigenvalue weighted by atomic mass is 16.5. The summed E-state index contributed by atoms with van der Waals surface area (Å²) in [4.78, 5) is 35.6. The third kappa shape index (κ3) is 4.60. The van der Waals surface area contributed by atoms with Crippen LogP contribution < -0.4 is 10.6 Å². The van der Waals surface area contributed by atoms with E-state index in [-0.39, 0.29) is 37.7 Å². The Morgan fingerprint density at radius 1 is 1.09 bits per heavy atom. The van der Waals surface area contributed by atoms with Crippen molar-refractivity contribution in [2.75, 3.05) is 19.8 Å². The number of carbonyl (C=O) groups excluding carboxylic acids is 2. The van der Waals surface area contributed by atoms with Gasteiger partial charge in [0.05, 0.1) is 18.6 Å². The first-order valence-corrected chi connectivity index (χ1v) is 10.7. The molecule has 0 radical (unpaired) electrons. The zero-order valence-corrected chi connectivity index (χ0v) is 17.7. The fourth-order valence-electron chi connectivity index (χ4n) is 4.27. The van der Waals surface area contributed by atoms with Crippen LogP contribution in [0, 0.1) is 5.92 Å². The molecule has 1 heterocycles. The van der Waals surface area contributed by atoms with Crippen LogP contribution in [0.2, 0.25) is 0 Å². The number of rotatable bonds is 7. The summed E-state index contributed by atoms with van der Waals surface area (Å²) in [6.07, 6.45) is -0.664. The number of fused-ring (bicyclic) bond motifs is 3. The lowest BCUT2D eigenvalue weighted by atomic mass is 9.98. The predicted molar refractivity (Wildman–Crippen MR) is 116 cm³/mol. The zero-order valence-electron chi connectivity index (χ0n) is 17.7. The molecule has 0 spiro atoms. The van der Waals surface area contributed by atoms with Gasteiger partial charge in [-0.25, -0.2) is 4.79 Å². The van der Waals surface area contributed by atoms with Gasteiger partial charge in [-0.2, -0.15) is 0 Å². The van der Waals surface area contributed by atoms with Crippen molar-refractivity contribution in [1.29, 1.82) is 0 Å². The number of aliphatic carboxylic acids is 1. The molecular weight excluding hydrogens is 412 g/mol. The highest BCUT2D eigenvalue weighted by molar-refractivity contribution is 5.85. The summed E-state index contributed by atoms with van der Waals surface area (Å²) < 4.78 is 10.8. The lowest BCUT2D eigenvalue weighted by Gasteiger charge is -2.18. The number of ether oxygens (including phenoxy) is 2. The van der Waals surface area contributed by atoms with Gasteiger partial charge >= 0.3 is 12.1 Å². The molecule has 2 aliphatic rings. The molecule has 4 rings (SSSR count). The molecule has 1 fully saturated rings. The molecule has 1 aliphatic heterocycles.